The molecule has 0 bridgehead atoms. The van der Waals surface area contributed by atoms with Crippen LogP contribution < -0.4 is 0 Å². The van der Waals surface area contributed by atoms with Gasteiger partial charge in [-0.15, -0.1) is 0 Å². The number of aromatic nitrogens is 1. The number of carbonyl (C=O) groups excluding carboxylic acids is 1. The number of aryl methyl sites for hydroxylation is 1. The van der Waals surface area contributed by atoms with Gasteiger partial charge in [-0.25, -0.2) is 0 Å². The molecule has 1 amide bonds. The first-order valence-corrected chi connectivity index (χ1v) is 7.54. The maximum atomic E-state index is 12.6. The summed E-state index contributed by atoms with van der Waals surface area (Å²) in [5.41, 5.74) is 1.30. The highest BCUT2D eigenvalue weighted by Crippen LogP contribution is 2.27. The summed E-state index contributed by atoms with van der Waals surface area (Å²) in [6.07, 6.45) is -0.188. The molecule has 1 aliphatic rings. The molecule has 0 N–H and O–H groups in total. The van der Waals surface area contributed by atoms with Crippen molar-refractivity contribution in [1.82, 2.24) is 10.1 Å². The highest BCUT2D eigenvalue weighted by atomic mass is 35.5. The van der Waals surface area contributed by atoms with E-state index in [2.05, 4.69) is 5.16 Å². The Morgan fingerprint density at radius 3 is 2.91 bits per heavy atom. The lowest BCUT2D eigenvalue weighted by atomic mass is 10.1. The minimum absolute atomic E-state index is 0.0139. The Hall–Kier alpha value is -1.85. The summed E-state index contributed by atoms with van der Waals surface area (Å²) in [5.74, 6) is 0.482. The molecular weight excluding hydrogens is 304 g/mol. The van der Waals surface area contributed by atoms with Crippen molar-refractivity contribution in [3.8, 4) is 0 Å². The Morgan fingerprint density at radius 1 is 1.41 bits per heavy atom. The van der Waals surface area contributed by atoms with Crippen LogP contribution in [-0.2, 0) is 4.74 Å². The van der Waals surface area contributed by atoms with Gasteiger partial charge in [-0.3, -0.25) is 4.79 Å². The predicted molar refractivity (Wildman–Crippen MR) is 81.9 cm³/mol. The number of hydrogen-bond donors (Lipinski definition) is 0. The van der Waals surface area contributed by atoms with E-state index < -0.39 is 0 Å². The van der Waals surface area contributed by atoms with Gasteiger partial charge in [-0.1, -0.05) is 28.9 Å². The molecule has 6 heteroatoms. The zero-order valence-electron chi connectivity index (χ0n) is 12.5. The quantitative estimate of drug-likeness (QED) is 0.852. The van der Waals surface area contributed by atoms with Gasteiger partial charge in [-0.05, 0) is 31.5 Å². The molecule has 1 saturated heterocycles. The van der Waals surface area contributed by atoms with Gasteiger partial charge in [0.15, 0.2) is 5.69 Å². The molecule has 2 unspecified atom stereocenters. The van der Waals surface area contributed by atoms with Crippen LogP contribution in [0.4, 0.5) is 0 Å². The van der Waals surface area contributed by atoms with E-state index in [1.807, 2.05) is 31.2 Å². The van der Waals surface area contributed by atoms with Crippen LogP contribution in [0.25, 0.3) is 0 Å². The van der Waals surface area contributed by atoms with Crippen LogP contribution in [0.3, 0.4) is 0 Å². The van der Waals surface area contributed by atoms with Crippen LogP contribution in [-0.4, -0.2) is 35.2 Å². The second-order valence-electron chi connectivity index (χ2n) is 5.51. The second-order valence-corrected chi connectivity index (χ2v) is 5.94. The molecule has 0 saturated carbocycles. The second kappa shape index (κ2) is 6.10. The SMILES string of the molecule is Cc1cc(C(=O)N2CC(c3cccc(Cl)c3)OCC2C)no1. The van der Waals surface area contributed by atoms with Crippen molar-refractivity contribution in [3.63, 3.8) is 0 Å². The van der Waals surface area contributed by atoms with Gasteiger partial charge in [0.25, 0.3) is 5.91 Å². The monoisotopic (exact) mass is 320 g/mol. The Labute approximate surface area is 133 Å². The van der Waals surface area contributed by atoms with Gasteiger partial charge in [0, 0.05) is 11.1 Å². The first-order chi connectivity index (χ1) is 10.5. The van der Waals surface area contributed by atoms with Crippen LogP contribution in [0.1, 0.15) is 34.8 Å². The summed E-state index contributed by atoms with van der Waals surface area (Å²) in [5, 5.41) is 4.47. The third-order valence-corrected chi connectivity index (χ3v) is 4.00. The van der Waals surface area contributed by atoms with Crippen LogP contribution in [0.2, 0.25) is 5.02 Å². The number of amides is 1. The largest absolute Gasteiger partial charge is 0.370 e. The summed E-state index contributed by atoms with van der Waals surface area (Å²) in [6, 6.07) is 9.16. The number of ether oxygens (including phenoxy) is 1. The van der Waals surface area contributed by atoms with E-state index in [4.69, 9.17) is 20.9 Å². The Bertz CT molecular complexity index is 686. The van der Waals surface area contributed by atoms with E-state index in [0.717, 1.165) is 5.56 Å². The summed E-state index contributed by atoms with van der Waals surface area (Å²) >= 11 is 6.03. The van der Waals surface area contributed by atoms with Crippen LogP contribution in [0.5, 0.6) is 0 Å². The zero-order chi connectivity index (χ0) is 15.7. The molecular formula is C16H17ClN2O3. The van der Waals surface area contributed by atoms with Gasteiger partial charge in [-0.2, -0.15) is 0 Å². The molecule has 22 heavy (non-hydrogen) atoms. The molecule has 0 aliphatic carbocycles. The first-order valence-electron chi connectivity index (χ1n) is 7.16. The van der Waals surface area contributed by atoms with E-state index in [-0.39, 0.29) is 18.1 Å². The van der Waals surface area contributed by atoms with Gasteiger partial charge >= 0.3 is 0 Å². The minimum atomic E-state index is -0.188. The van der Waals surface area contributed by atoms with Crippen molar-refractivity contribution < 1.29 is 14.1 Å². The van der Waals surface area contributed by atoms with Gasteiger partial charge < -0.3 is 14.2 Å². The standard InChI is InChI=1S/C16H17ClN2O3/c1-10-9-21-15(12-4-3-5-13(17)7-12)8-19(10)16(20)14-6-11(2)22-18-14/h3-7,10,15H,8-9H2,1-2H3. The van der Waals surface area contributed by atoms with Crippen molar-refractivity contribution in [2.24, 2.45) is 0 Å². The summed E-state index contributed by atoms with van der Waals surface area (Å²) < 4.78 is 10.8. The molecule has 0 spiro atoms. The van der Waals surface area contributed by atoms with Crippen molar-refractivity contribution in [2.45, 2.75) is 26.0 Å². The fraction of sp³-hybridized carbons (Fsp3) is 0.375. The molecule has 2 aromatic rings. The highest BCUT2D eigenvalue weighted by Gasteiger charge is 2.32. The number of halogens is 1. The Kier molecular flexibility index (Phi) is 4.18. The first kappa shape index (κ1) is 15.1. The summed E-state index contributed by atoms with van der Waals surface area (Å²) in [4.78, 5) is 14.4. The van der Waals surface area contributed by atoms with Crippen LogP contribution >= 0.6 is 11.6 Å². The van der Waals surface area contributed by atoms with Gasteiger partial charge in [0.1, 0.15) is 11.9 Å². The molecule has 1 aromatic carbocycles. The lowest BCUT2D eigenvalue weighted by molar-refractivity contribution is -0.0489. The number of hydrogen-bond acceptors (Lipinski definition) is 4. The lowest BCUT2D eigenvalue weighted by Crippen LogP contribution is -2.48. The van der Waals surface area contributed by atoms with Crippen molar-refractivity contribution in [1.29, 1.82) is 0 Å². The number of morpholine rings is 1. The van der Waals surface area contributed by atoms with Crippen molar-refractivity contribution in [2.75, 3.05) is 13.2 Å². The normalized spacial score (nSPS) is 21.9. The number of rotatable bonds is 2. The number of nitrogens with zero attached hydrogens (tertiary/aromatic N) is 2. The van der Waals surface area contributed by atoms with Gasteiger partial charge in [0.05, 0.1) is 19.2 Å². The topological polar surface area (TPSA) is 55.6 Å². The lowest BCUT2D eigenvalue weighted by Gasteiger charge is -2.37. The van der Waals surface area contributed by atoms with Crippen molar-refractivity contribution >= 4 is 17.5 Å². The molecule has 3 rings (SSSR count). The Balaban J connectivity index is 1.80. The third kappa shape index (κ3) is 3.00. The fourth-order valence-electron chi connectivity index (χ4n) is 2.56. The molecule has 1 fully saturated rings. The van der Waals surface area contributed by atoms with Crippen molar-refractivity contribution in [3.05, 3.63) is 52.4 Å². The molecule has 0 radical (unpaired) electrons. The van der Waals surface area contributed by atoms with Crippen LogP contribution in [0.15, 0.2) is 34.9 Å². The van der Waals surface area contributed by atoms with Crippen LogP contribution in [0, 0.1) is 6.92 Å². The molecule has 116 valence electrons. The zero-order valence-corrected chi connectivity index (χ0v) is 13.2. The maximum Gasteiger partial charge on any atom is 0.276 e. The predicted octanol–water partition coefficient (Wildman–Crippen LogP) is 3.24. The number of carbonyl (C=O) groups is 1. The van der Waals surface area contributed by atoms with Gasteiger partial charge in [0.2, 0.25) is 0 Å². The smallest absolute Gasteiger partial charge is 0.276 e. The Morgan fingerprint density at radius 2 is 2.23 bits per heavy atom. The summed E-state index contributed by atoms with van der Waals surface area (Å²) in [7, 11) is 0. The van der Waals surface area contributed by atoms with E-state index in [1.54, 1.807) is 17.9 Å². The van der Waals surface area contributed by atoms with E-state index in [9.17, 15) is 4.79 Å². The van der Waals surface area contributed by atoms with E-state index >= 15 is 0 Å². The summed E-state index contributed by atoms with van der Waals surface area (Å²) in [6.45, 7) is 4.66. The minimum Gasteiger partial charge on any atom is -0.370 e. The fourth-order valence-corrected chi connectivity index (χ4v) is 2.76. The van der Waals surface area contributed by atoms with E-state index in [0.29, 0.717) is 29.6 Å². The molecule has 2 heterocycles. The number of benzene rings is 1. The highest BCUT2D eigenvalue weighted by molar-refractivity contribution is 6.30. The third-order valence-electron chi connectivity index (χ3n) is 3.76. The molecule has 5 nitrogen and oxygen atoms in total. The molecule has 1 aromatic heterocycles. The average Bonchev–Trinajstić information content (AvgIpc) is 2.93. The maximum absolute atomic E-state index is 12.6. The molecule has 1 aliphatic heterocycles. The van der Waals surface area contributed by atoms with E-state index in [1.165, 1.54) is 0 Å². The average molecular weight is 321 g/mol. The molecule has 2 atom stereocenters.